The number of rotatable bonds is 6. The number of nitrogens with zero attached hydrogens (tertiary/aromatic N) is 2. The Morgan fingerprint density at radius 3 is 2.33 bits per heavy atom. The van der Waals surface area contributed by atoms with Crippen LogP contribution in [0.4, 0.5) is 34.9 Å². The van der Waals surface area contributed by atoms with Gasteiger partial charge in [0.2, 0.25) is 5.95 Å². The molecule has 1 aliphatic carbocycles. The molecule has 3 aromatic carbocycles. The maximum Gasteiger partial charge on any atom is 0.573 e. The fourth-order valence-corrected chi connectivity index (χ4v) is 5.80. The number of nitrogens with one attached hydrogen (secondary N) is 2. The molecule has 1 saturated carbocycles. The van der Waals surface area contributed by atoms with Gasteiger partial charge in [0.05, 0.1) is 11.0 Å². The van der Waals surface area contributed by atoms with Gasteiger partial charge in [0.25, 0.3) is 5.91 Å². The summed E-state index contributed by atoms with van der Waals surface area (Å²) in [6, 6.07) is 16.4. The van der Waals surface area contributed by atoms with Gasteiger partial charge in [-0.15, -0.1) is 13.2 Å². The molecular formula is C30H30F4N4O2. The van der Waals surface area contributed by atoms with Crippen LogP contribution in [0.25, 0.3) is 11.0 Å². The lowest BCUT2D eigenvalue weighted by atomic mass is 9.70. The highest BCUT2D eigenvalue weighted by molar-refractivity contribution is 6.06. The zero-order chi connectivity index (χ0) is 28.7. The second-order valence-electron chi connectivity index (χ2n) is 11.2. The van der Waals surface area contributed by atoms with Crippen LogP contribution in [0.3, 0.4) is 0 Å². The Hall–Kier alpha value is -4.08. The average molecular weight is 555 g/mol. The van der Waals surface area contributed by atoms with Crippen molar-refractivity contribution >= 4 is 34.3 Å². The molecule has 4 aromatic rings. The number of alkyl halides is 3. The number of hydrogen-bond donors (Lipinski definition) is 2. The van der Waals surface area contributed by atoms with Crippen molar-refractivity contribution in [2.75, 3.05) is 10.6 Å². The van der Waals surface area contributed by atoms with Crippen molar-refractivity contribution in [2.45, 2.75) is 52.4 Å². The number of benzene rings is 3. The number of fused-ring (bicyclic) bond motifs is 1. The summed E-state index contributed by atoms with van der Waals surface area (Å²) in [7, 11) is 0. The van der Waals surface area contributed by atoms with E-state index in [0.717, 1.165) is 24.8 Å². The first-order chi connectivity index (χ1) is 18.8. The fourth-order valence-electron chi connectivity index (χ4n) is 5.80. The highest BCUT2D eigenvalue weighted by Gasteiger charge is 2.35. The summed E-state index contributed by atoms with van der Waals surface area (Å²) in [5.41, 5.74) is 2.95. The second-order valence-corrected chi connectivity index (χ2v) is 11.2. The zero-order valence-electron chi connectivity index (χ0n) is 22.3. The van der Waals surface area contributed by atoms with E-state index in [1.807, 2.05) is 6.07 Å². The Morgan fingerprint density at radius 1 is 1.00 bits per heavy atom. The maximum absolute atomic E-state index is 13.2. The molecule has 0 spiro atoms. The van der Waals surface area contributed by atoms with Gasteiger partial charge in [0.1, 0.15) is 11.6 Å². The van der Waals surface area contributed by atoms with Crippen LogP contribution in [0.2, 0.25) is 0 Å². The summed E-state index contributed by atoms with van der Waals surface area (Å²) < 4.78 is 57.1. The quantitative estimate of drug-likeness (QED) is 0.235. The third kappa shape index (κ3) is 6.38. The molecule has 6 nitrogen and oxygen atoms in total. The van der Waals surface area contributed by atoms with Crippen molar-refractivity contribution in [3.8, 4) is 5.75 Å². The third-order valence-electron chi connectivity index (χ3n) is 7.13. The van der Waals surface area contributed by atoms with Gasteiger partial charge in [-0.25, -0.2) is 9.37 Å². The number of amides is 1. The van der Waals surface area contributed by atoms with Gasteiger partial charge < -0.3 is 19.9 Å². The number of ether oxygens (including phenoxy) is 1. The number of carbonyl (C=O) groups excluding carboxylic acids is 1. The minimum Gasteiger partial charge on any atom is -0.406 e. The van der Waals surface area contributed by atoms with Gasteiger partial charge in [-0.05, 0) is 97.3 Å². The molecule has 1 fully saturated rings. The van der Waals surface area contributed by atoms with Gasteiger partial charge in [-0.2, -0.15) is 0 Å². The standard InChI is InChI=1S/C30H30F4N4O2/c1-18-14-23(17-29(2,3)16-18)38-26-13-4-19(27(39)35-21-7-5-20(31)6-8-21)15-25(26)37-28(38)36-22-9-11-24(12-10-22)40-30(32,33)34/h4-13,15,18,23H,14,16-17H2,1-3H3,(H,35,39)(H,36,37). The summed E-state index contributed by atoms with van der Waals surface area (Å²) in [5.74, 6) is -0.0479. The summed E-state index contributed by atoms with van der Waals surface area (Å²) >= 11 is 0. The van der Waals surface area contributed by atoms with E-state index in [0.29, 0.717) is 34.3 Å². The molecule has 2 atom stereocenters. The first kappa shape index (κ1) is 27.5. The first-order valence-corrected chi connectivity index (χ1v) is 13.1. The molecule has 1 aliphatic rings. The van der Waals surface area contributed by atoms with E-state index in [2.05, 4.69) is 40.7 Å². The molecule has 210 valence electrons. The van der Waals surface area contributed by atoms with Crippen molar-refractivity contribution in [1.82, 2.24) is 9.55 Å². The predicted molar refractivity (Wildman–Crippen MR) is 146 cm³/mol. The number of aromatic nitrogens is 2. The van der Waals surface area contributed by atoms with Crippen LogP contribution in [0.5, 0.6) is 5.75 Å². The molecular weight excluding hydrogens is 524 g/mol. The van der Waals surface area contributed by atoms with Crippen molar-refractivity contribution < 1.29 is 27.1 Å². The third-order valence-corrected chi connectivity index (χ3v) is 7.13. The topological polar surface area (TPSA) is 68.2 Å². The Labute approximate surface area is 229 Å². The molecule has 40 heavy (non-hydrogen) atoms. The summed E-state index contributed by atoms with van der Waals surface area (Å²) in [4.78, 5) is 17.7. The molecule has 2 N–H and O–H groups in total. The highest BCUT2D eigenvalue weighted by atomic mass is 19.4. The molecule has 0 radical (unpaired) electrons. The minimum absolute atomic E-state index is 0.113. The summed E-state index contributed by atoms with van der Waals surface area (Å²) in [6.07, 6.45) is -1.81. The maximum atomic E-state index is 13.2. The molecule has 5 rings (SSSR count). The summed E-state index contributed by atoms with van der Waals surface area (Å²) in [6.45, 7) is 6.73. The molecule has 0 aliphatic heterocycles. The minimum atomic E-state index is -4.77. The van der Waals surface area contributed by atoms with E-state index in [9.17, 15) is 22.4 Å². The Balaban J connectivity index is 1.49. The Morgan fingerprint density at radius 2 is 1.68 bits per heavy atom. The first-order valence-electron chi connectivity index (χ1n) is 13.1. The van der Waals surface area contributed by atoms with E-state index in [-0.39, 0.29) is 23.1 Å². The number of imidazole rings is 1. The van der Waals surface area contributed by atoms with Crippen LogP contribution in [0.1, 0.15) is 56.4 Å². The van der Waals surface area contributed by atoms with Gasteiger partial charge >= 0.3 is 6.36 Å². The molecule has 1 heterocycles. The molecule has 10 heteroatoms. The smallest absolute Gasteiger partial charge is 0.406 e. The zero-order valence-corrected chi connectivity index (χ0v) is 22.3. The molecule has 2 unspecified atom stereocenters. The number of halogens is 4. The fraction of sp³-hybridized carbons (Fsp3) is 0.333. The van der Waals surface area contributed by atoms with Gasteiger partial charge in [0, 0.05) is 23.0 Å². The largest absolute Gasteiger partial charge is 0.573 e. The van der Waals surface area contributed by atoms with E-state index in [4.69, 9.17) is 4.98 Å². The SMILES string of the molecule is CC1CC(n2c(Nc3ccc(OC(F)(F)F)cc3)nc3cc(C(=O)Nc4ccc(F)cc4)ccc32)CC(C)(C)C1. The number of anilines is 3. The highest BCUT2D eigenvalue weighted by Crippen LogP contribution is 2.46. The average Bonchev–Trinajstić information content (AvgIpc) is 3.21. The molecule has 0 saturated heterocycles. The predicted octanol–water partition coefficient (Wildman–Crippen LogP) is 8.46. The lowest BCUT2D eigenvalue weighted by molar-refractivity contribution is -0.274. The molecule has 0 bridgehead atoms. The van der Waals surface area contributed by atoms with E-state index < -0.39 is 12.2 Å². The van der Waals surface area contributed by atoms with Crippen molar-refractivity contribution in [3.05, 3.63) is 78.1 Å². The van der Waals surface area contributed by atoms with E-state index in [1.54, 1.807) is 12.1 Å². The van der Waals surface area contributed by atoms with E-state index >= 15 is 0 Å². The lowest BCUT2D eigenvalue weighted by Gasteiger charge is -2.40. The van der Waals surface area contributed by atoms with Gasteiger partial charge in [-0.1, -0.05) is 20.8 Å². The van der Waals surface area contributed by atoms with Crippen LogP contribution < -0.4 is 15.4 Å². The van der Waals surface area contributed by atoms with Crippen LogP contribution in [0, 0.1) is 17.2 Å². The molecule has 1 aromatic heterocycles. The monoisotopic (exact) mass is 554 g/mol. The van der Waals surface area contributed by atoms with Gasteiger partial charge in [0.15, 0.2) is 0 Å². The number of carbonyl (C=O) groups is 1. The lowest BCUT2D eigenvalue weighted by Crippen LogP contribution is -2.29. The second kappa shape index (κ2) is 10.5. The molecule has 1 amide bonds. The van der Waals surface area contributed by atoms with Crippen molar-refractivity contribution in [1.29, 1.82) is 0 Å². The normalized spacial score (nSPS) is 18.9. The van der Waals surface area contributed by atoms with Crippen LogP contribution in [0.15, 0.2) is 66.7 Å². The van der Waals surface area contributed by atoms with Crippen molar-refractivity contribution in [3.63, 3.8) is 0 Å². The Bertz CT molecular complexity index is 1510. The van der Waals surface area contributed by atoms with Crippen molar-refractivity contribution in [2.24, 2.45) is 11.3 Å². The summed E-state index contributed by atoms with van der Waals surface area (Å²) in [5, 5.41) is 6.03. The van der Waals surface area contributed by atoms with E-state index in [1.165, 1.54) is 48.5 Å². The number of hydrogen-bond acceptors (Lipinski definition) is 4. The van der Waals surface area contributed by atoms with Gasteiger partial charge in [-0.3, -0.25) is 4.79 Å². The Kier molecular flexibility index (Phi) is 7.20. The van der Waals surface area contributed by atoms with Crippen LogP contribution in [-0.4, -0.2) is 21.8 Å². The van der Waals surface area contributed by atoms with Crippen LogP contribution >= 0.6 is 0 Å². The van der Waals surface area contributed by atoms with Crippen LogP contribution in [-0.2, 0) is 0 Å².